The predicted octanol–water partition coefficient (Wildman–Crippen LogP) is 1.42. The topological polar surface area (TPSA) is 84.2 Å². The van der Waals surface area contributed by atoms with Gasteiger partial charge in [-0.25, -0.2) is 0 Å². The second-order valence-electron chi connectivity index (χ2n) is 5.27. The first kappa shape index (κ1) is 16.0. The van der Waals surface area contributed by atoms with Crippen molar-refractivity contribution in [2.45, 2.75) is 19.4 Å². The zero-order chi connectivity index (χ0) is 15.9. The Bertz CT molecular complexity index is 670. The second kappa shape index (κ2) is 7.56. The maximum absolute atomic E-state index is 12.1. The highest BCUT2D eigenvalue weighted by atomic mass is 16.2. The van der Waals surface area contributed by atoms with Gasteiger partial charge in [0.2, 0.25) is 5.91 Å². The number of hydrogen-bond donors (Lipinski definition) is 3. The summed E-state index contributed by atoms with van der Waals surface area (Å²) in [5.41, 5.74) is 6.03. The zero-order valence-electron chi connectivity index (χ0n) is 12.6. The van der Waals surface area contributed by atoms with Crippen molar-refractivity contribution in [1.82, 2.24) is 10.6 Å². The van der Waals surface area contributed by atoms with Crippen molar-refractivity contribution < 1.29 is 9.59 Å². The van der Waals surface area contributed by atoms with E-state index in [1.54, 1.807) is 6.07 Å². The summed E-state index contributed by atoms with van der Waals surface area (Å²) in [6, 6.07) is 13.4. The molecular weight excluding hydrogens is 278 g/mol. The van der Waals surface area contributed by atoms with Crippen molar-refractivity contribution in [2.75, 3.05) is 13.1 Å². The molecule has 5 heteroatoms. The standard InChI is InChI=1S/C17H21N3O2/c1-12(11-18)20-16(21)8-9-19-17(22)15-7-6-13-4-2-3-5-14(13)10-15/h2-7,10,12H,8-9,11,18H2,1H3,(H,19,22)(H,20,21)/t12-/m0/s1. The lowest BCUT2D eigenvalue weighted by Crippen LogP contribution is -2.39. The molecule has 2 amide bonds. The van der Waals surface area contributed by atoms with Crippen LogP contribution in [0.2, 0.25) is 0 Å². The quantitative estimate of drug-likeness (QED) is 0.754. The van der Waals surface area contributed by atoms with Crippen molar-refractivity contribution in [3.05, 3.63) is 48.0 Å². The normalized spacial score (nSPS) is 11.9. The van der Waals surface area contributed by atoms with Gasteiger partial charge in [-0.3, -0.25) is 9.59 Å². The molecule has 2 aromatic carbocycles. The first-order valence-electron chi connectivity index (χ1n) is 7.36. The molecule has 0 bridgehead atoms. The van der Waals surface area contributed by atoms with Gasteiger partial charge in [0.05, 0.1) is 0 Å². The molecule has 0 aliphatic carbocycles. The first-order chi connectivity index (χ1) is 10.6. The number of amides is 2. The third kappa shape index (κ3) is 4.30. The van der Waals surface area contributed by atoms with E-state index in [9.17, 15) is 9.59 Å². The lowest BCUT2D eigenvalue weighted by molar-refractivity contribution is -0.121. The van der Waals surface area contributed by atoms with Crippen LogP contribution in [0.1, 0.15) is 23.7 Å². The molecule has 0 aromatic heterocycles. The molecule has 2 aromatic rings. The summed E-state index contributed by atoms with van der Waals surface area (Å²) in [4.78, 5) is 23.7. The molecular formula is C17H21N3O2. The average molecular weight is 299 g/mol. The van der Waals surface area contributed by atoms with Crippen molar-refractivity contribution >= 4 is 22.6 Å². The van der Waals surface area contributed by atoms with Crippen LogP contribution in [0.4, 0.5) is 0 Å². The molecule has 0 saturated carbocycles. The molecule has 4 N–H and O–H groups in total. The number of fused-ring (bicyclic) bond motifs is 1. The second-order valence-corrected chi connectivity index (χ2v) is 5.27. The molecule has 2 rings (SSSR count). The van der Waals surface area contributed by atoms with Crippen molar-refractivity contribution in [3.63, 3.8) is 0 Å². The monoisotopic (exact) mass is 299 g/mol. The molecule has 0 spiro atoms. The van der Waals surface area contributed by atoms with E-state index in [-0.39, 0.29) is 24.3 Å². The number of carbonyl (C=O) groups excluding carboxylic acids is 2. The average Bonchev–Trinajstić information content (AvgIpc) is 2.54. The molecule has 0 fully saturated rings. The smallest absolute Gasteiger partial charge is 0.251 e. The molecule has 5 nitrogen and oxygen atoms in total. The lowest BCUT2D eigenvalue weighted by atomic mass is 10.1. The molecule has 22 heavy (non-hydrogen) atoms. The minimum atomic E-state index is -0.176. The third-order valence-corrected chi connectivity index (χ3v) is 3.41. The van der Waals surface area contributed by atoms with Crippen LogP contribution in [-0.4, -0.2) is 30.9 Å². The Kier molecular flexibility index (Phi) is 5.49. The minimum absolute atomic E-state index is 0.0521. The van der Waals surface area contributed by atoms with Crippen LogP contribution in [0.25, 0.3) is 10.8 Å². The molecule has 0 unspecified atom stereocenters. The van der Waals surface area contributed by atoms with Crippen LogP contribution in [0, 0.1) is 0 Å². The Balaban J connectivity index is 1.87. The van der Waals surface area contributed by atoms with Gasteiger partial charge in [0, 0.05) is 31.1 Å². The Morgan fingerprint density at radius 3 is 2.59 bits per heavy atom. The first-order valence-corrected chi connectivity index (χ1v) is 7.36. The lowest BCUT2D eigenvalue weighted by Gasteiger charge is -2.11. The highest BCUT2D eigenvalue weighted by Crippen LogP contribution is 2.15. The van der Waals surface area contributed by atoms with Gasteiger partial charge in [-0.2, -0.15) is 0 Å². The van der Waals surface area contributed by atoms with E-state index in [1.165, 1.54) is 0 Å². The van der Waals surface area contributed by atoms with Gasteiger partial charge in [0.1, 0.15) is 0 Å². The fourth-order valence-corrected chi connectivity index (χ4v) is 2.13. The molecule has 0 radical (unpaired) electrons. The Morgan fingerprint density at radius 2 is 1.86 bits per heavy atom. The Morgan fingerprint density at radius 1 is 1.14 bits per heavy atom. The van der Waals surface area contributed by atoms with Gasteiger partial charge in [0.25, 0.3) is 5.91 Å². The van der Waals surface area contributed by atoms with Gasteiger partial charge in [-0.15, -0.1) is 0 Å². The van der Waals surface area contributed by atoms with E-state index >= 15 is 0 Å². The molecule has 116 valence electrons. The highest BCUT2D eigenvalue weighted by molar-refractivity contribution is 5.98. The van der Waals surface area contributed by atoms with Crippen LogP contribution in [0.3, 0.4) is 0 Å². The minimum Gasteiger partial charge on any atom is -0.352 e. The highest BCUT2D eigenvalue weighted by Gasteiger charge is 2.08. The summed E-state index contributed by atoms with van der Waals surface area (Å²) in [6.45, 7) is 2.54. The van der Waals surface area contributed by atoms with E-state index in [2.05, 4.69) is 10.6 Å². The number of hydrogen-bond acceptors (Lipinski definition) is 3. The Labute approximate surface area is 129 Å². The molecule has 0 aliphatic heterocycles. The van der Waals surface area contributed by atoms with Crippen LogP contribution in [0.15, 0.2) is 42.5 Å². The van der Waals surface area contributed by atoms with Crippen LogP contribution >= 0.6 is 0 Å². The van der Waals surface area contributed by atoms with Crippen molar-refractivity contribution in [1.29, 1.82) is 0 Å². The van der Waals surface area contributed by atoms with Crippen LogP contribution in [0.5, 0.6) is 0 Å². The molecule has 1 atom stereocenters. The maximum atomic E-state index is 12.1. The van der Waals surface area contributed by atoms with Crippen LogP contribution < -0.4 is 16.4 Å². The Hall–Kier alpha value is -2.40. The van der Waals surface area contributed by atoms with E-state index in [4.69, 9.17) is 5.73 Å². The van der Waals surface area contributed by atoms with Gasteiger partial charge < -0.3 is 16.4 Å². The van der Waals surface area contributed by atoms with Gasteiger partial charge >= 0.3 is 0 Å². The summed E-state index contributed by atoms with van der Waals surface area (Å²) in [5.74, 6) is -0.290. The summed E-state index contributed by atoms with van der Waals surface area (Å²) < 4.78 is 0. The summed E-state index contributed by atoms with van der Waals surface area (Å²) >= 11 is 0. The largest absolute Gasteiger partial charge is 0.352 e. The zero-order valence-corrected chi connectivity index (χ0v) is 12.6. The fourth-order valence-electron chi connectivity index (χ4n) is 2.13. The van der Waals surface area contributed by atoms with Gasteiger partial charge in [-0.05, 0) is 29.8 Å². The van der Waals surface area contributed by atoms with Gasteiger partial charge in [0.15, 0.2) is 0 Å². The number of benzene rings is 2. The van der Waals surface area contributed by atoms with E-state index < -0.39 is 0 Å². The van der Waals surface area contributed by atoms with Crippen molar-refractivity contribution in [2.24, 2.45) is 5.73 Å². The number of nitrogens with one attached hydrogen (secondary N) is 2. The maximum Gasteiger partial charge on any atom is 0.251 e. The van der Waals surface area contributed by atoms with E-state index in [0.717, 1.165) is 10.8 Å². The molecule has 0 saturated heterocycles. The summed E-state index contributed by atoms with van der Waals surface area (Å²) in [6.07, 6.45) is 0.240. The van der Waals surface area contributed by atoms with Crippen molar-refractivity contribution in [3.8, 4) is 0 Å². The summed E-state index contributed by atoms with van der Waals surface area (Å²) in [7, 11) is 0. The van der Waals surface area contributed by atoms with E-state index in [0.29, 0.717) is 18.7 Å². The number of carbonyl (C=O) groups is 2. The van der Waals surface area contributed by atoms with E-state index in [1.807, 2.05) is 43.3 Å². The number of rotatable bonds is 6. The predicted molar refractivity (Wildman–Crippen MR) is 87.6 cm³/mol. The molecule has 0 aliphatic rings. The van der Waals surface area contributed by atoms with Gasteiger partial charge in [-0.1, -0.05) is 30.3 Å². The summed E-state index contributed by atoms with van der Waals surface area (Å²) in [5, 5.41) is 7.62. The third-order valence-electron chi connectivity index (χ3n) is 3.41. The SMILES string of the molecule is C[C@@H](CN)NC(=O)CCNC(=O)c1ccc2ccccc2c1. The number of nitrogens with two attached hydrogens (primary N) is 1. The molecule has 0 heterocycles. The van der Waals surface area contributed by atoms with Crippen LogP contribution in [-0.2, 0) is 4.79 Å². The fraction of sp³-hybridized carbons (Fsp3) is 0.294.